The molecule has 5 nitrogen and oxygen atoms in total. The van der Waals surface area contributed by atoms with Crippen LogP contribution in [0.1, 0.15) is 39.0 Å². The lowest BCUT2D eigenvalue weighted by Crippen LogP contribution is -2.31. The van der Waals surface area contributed by atoms with Crippen LogP contribution >= 0.6 is 0 Å². The molecular formula is C14H22N2O3S. The Morgan fingerprint density at radius 3 is 2.40 bits per heavy atom. The molecule has 0 atom stereocenters. The van der Waals surface area contributed by atoms with Crippen LogP contribution in [0.15, 0.2) is 28.0 Å². The van der Waals surface area contributed by atoms with Gasteiger partial charge >= 0.3 is 0 Å². The van der Waals surface area contributed by atoms with Gasteiger partial charge in [0.2, 0.25) is 15.6 Å². The summed E-state index contributed by atoms with van der Waals surface area (Å²) < 4.78 is 26.8. The first-order chi connectivity index (χ1) is 9.51. The molecule has 0 amide bonds. The van der Waals surface area contributed by atoms with Crippen LogP contribution < -0.4 is 10.3 Å². The summed E-state index contributed by atoms with van der Waals surface area (Å²) in [5, 5.41) is 0. The van der Waals surface area contributed by atoms with Crippen LogP contribution in [0.2, 0.25) is 0 Å². The van der Waals surface area contributed by atoms with Gasteiger partial charge in [-0.25, -0.2) is 13.1 Å². The minimum absolute atomic E-state index is 0.111. The summed E-state index contributed by atoms with van der Waals surface area (Å²) in [6, 6.07) is 2.55. The van der Waals surface area contributed by atoms with Gasteiger partial charge in [0.05, 0.1) is 4.90 Å². The summed E-state index contributed by atoms with van der Waals surface area (Å²) in [5.41, 5.74) is -0.304. The summed E-state index contributed by atoms with van der Waals surface area (Å²) in [4.78, 5) is 13.4. The van der Waals surface area contributed by atoms with E-state index < -0.39 is 10.0 Å². The zero-order valence-electron chi connectivity index (χ0n) is 11.8. The SMILES string of the molecule is CCC1CCC(CNS(=O)(=O)c2ccc(=O)[nH]c2)CC1. The third-order valence-electron chi connectivity index (χ3n) is 4.17. The molecule has 0 spiro atoms. The van der Waals surface area contributed by atoms with Crippen molar-refractivity contribution in [2.24, 2.45) is 11.8 Å². The van der Waals surface area contributed by atoms with Gasteiger partial charge in [0.25, 0.3) is 0 Å². The summed E-state index contributed by atoms with van der Waals surface area (Å²) in [6.45, 7) is 2.70. The fraction of sp³-hybridized carbons (Fsp3) is 0.643. The van der Waals surface area contributed by atoms with Gasteiger partial charge in [-0.2, -0.15) is 0 Å². The average molecular weight is 298 g/mol. The Labute approximate surface area is 119 Å². The van der Waals surface area contributed by atoms with Crippen molar-refractivity contribution < 1.29 is 8.42 Å². The number of hydrogen-bond acceptors (Lipinski definition) is 3. The normalized spacial score (nSPS) is 23.6. The Bertz CT molecular complexity index is 566. The van der Waals surface area contributed by atoms with Gasteiger partial charge in [-0.3, -0.25) is 4.79 Å². The number of nitrogens with one attached hydrogen (secondary N) is 2. The van der Waals surface area contributed by atoms with E-state index in [1.54, 1.807) is 0 Å². The van der Waals surface area contributed by atoms with Crippen LogP contribution in [0.25, 0.3) is 0 Å². The second-order valence-corrected chi connectivity index (χ2v) is 7.30. The predicted octanol–water partition coefficient (Wildman–Crippen LogP) is 1.87. The molecule has 1 aliphatic rings. The summed E-state index contributed by atoms with van der Waals surface area (Å²) in [7, 11) is -3.52. The molecule has 2 rings (SSSR count). The highest BCUT2D eigenvalue weighted by Gasteiger charge is 2.22. The zero-order valence-corrected chi connectivity index (χ0v) is 12.6. The fourth-order valence-corrected chi connectivity index (χ4v) is 3.80. The van der Waals surface area contributed by atoms with Crippen LogP contribution in [0.3, 0.4) is 0 Å². The number of aromatic amines is 1. The second kappa shape index (κ2) is 6.54. The fourth-order valence-electron chi connectivity index (χ4n) is 2.72. The molecule has 1 aliphatic carbocycles. The Kier molecular flexibility index (Phi) is 4.99. The first kappa shape index (κ1) is 15.3. The molecule has 20 heavy (non-hydrogen) atoms. The Balaban J connectivity index is 1.90. The lowest BCUT2D eigenvalue weighted by atomic mass is 9.81. The Hall–Kier alpha value is -1.14. The van der Waals surface area contributed by atoms with E-state index in [1.165, 1.54) is 37.6 Å². The zero-order chi connectivity index (χ0) is 14.6. The van der Waals surface area contributed by atoms with Crippen LogP contribution in [0.4, 0.5) is 0 Å². The lowest BCUT2D eigenvalue weighted by molar-refractivity contribution is 0.270. The van der Waals surface area contributed by atoms with Crippen molar-refractivity contribution in [3.63, 3.8) is 0 Å². The molecule has 1 heterocycles. The topological polar surface area (TPSA) is 79.0 Å². The minimum atomic E-state index is -3.52. The molecule has 0 radical (unpaired) electrons. The third-order valence-corrected chi connectivity index (χ3v) is 5.59. The first-order valence-corrected chi connectivity index (χ1v) is 8.68. The lowest BCUT2D eigenvalue weighted by Gasteiger charge is -2.27. The number of H-pyrrole nitrogens is 1. The quantitative estimate of drug-likeness (QED) is 0.871. The molecule has 2 N–H and O–H groups in total. The van der Waals surface area contributed by atoms with Crippen molar-refractivity contribution in [3.8, 4) is 0 Å². The highest BCUT2D eigenvalue weighted by Crippen LogP contribution is 2.30. The second-order valence-electron chi connectivity index (χ2n) is 5.54. The molecule has 0 aliphatic heterocycles. The summed E-state index contributed by atoms with van der Waals surface area (Å²) >= 11 is 0. The summed E-state index contributed by atoms with van der Waals surface area (Å²) in [5.74, 6) is 1.23. The molecule has 112 valence electrons. The van der Waals surface area contributed by atoms with E-state index in [4.69, 9.17) is 0 Å². The monoisotopic (exact) mass is 298 g/mol. The van der Waals surface area contributed by atoms with Crippen molar-refractivity contribution in [3.05, 3.63) is 28.7 Å². The van der Waals surface area contributed by atoms with Gasteiger partial charge in [0, 0.05) is 18.8 Å². The minimum Gasteiger partial charge on any atom is -0.328 e. The molecule has 1 aromatic rings. The van der Waals surface area contributed by atoms with Crippen molar-refractivity contribution in [1.82, 2.24) is 9.71 Å². The van der Waals surface area contributed by atoms with E-state index in [2.05, 4.69) is 16.6 Å². The van der Waals surface area contributed by atoms with Gasteiger partial charge in [-0.1, -0.05) is 26.2 Å². The molecule has 0 unspecified atom stereocenters. The molecule has 1 fully saturated rings. The third kappa shape index (κ3) is 3.93. The summed E-state index contributed by atoms with van der Waals surface area (Å²) in [6.07, 6.45) is 7.02. The van der Waals surface area contributed by atoms with Crippen molar-refractivity contribution in [2.45, 2.75) is 43.9 Å². The van der Waals surface area contributed by atoms with E-state index in [1.807, 2.05) is 0 Å². The Morgan fingerprint density at radius 1 is 1.20 bits per heavy atom. The number of sulfonamides is 1. The average Bonchev–Trinajstić information content (AvgIpc) is 2.46. The highest BCUT2D eigenvalue weighted by atomic mass is 32.2. The van der Waals surface area contributed by atoms with Gasteiger partial charge in [0.1, 0.15) is 0 Å². The van der Waals surface area contributed by atoms with Gasteiger partial charge in [-0.15, -0.1) is 0 Å². The smallest absolute Gasteiger partial charge is 0.247 e. The van der Waals surface area contributed by atoms with Gasteiger partial charge < -0.3 is 4.98 Å². The molecule has 1 aromatic heterocycles. The van der Waals surface area contributed by atoms with Gasteiger partial charge in [0.15, 0.2) is 0 Å². The van der Waals surface area contributed by atoms with E-state index in [-0.39, 0.29) is 10.5 Å². The van der Waals surface area contributed by atoms with E-state index in [0.29, 0.717) is 12.5 Å². The van der Waals surface area contributed by atoms with Gasteiger partial charge in [-0.05, 0) is 30.7 Å². The predicted molar refractivity (Wildman–Crippen MR) is 78.0 cm³/mol. The number of hydrogen-bond donors (Lipinski definition) is 2. The molecular weight excluding hydrogens is 276 g/mol. The van der Waals surface area contributed by atoms with Crippen molar-refractivity contribution in [2.75, 3.05) is 6.54 Å². The van der Waals surface area contributed by atoms with Crippen LogP contribution in [0, 0.1) is 11.8 Å². The Morgan fingerprint density at radius 2 is 1.85 bits per heavy atom. The molecule has 0 aromatic carbocycles. The molecule has 6 heteroatoms. The van der Waals surface area contributed by atoms with Crippen molar-refractivity contribution in [1.29, 1.82) is 0 Å². The number of rotatable bonds is 5. The molecule has 0 bridgehead atoms. The standard InChI is InChI=1S/C14H22N2O3S/c1-2-11-3-5-12(6-4-11)9-16-20(18,19)13-7-8-14(17)15-10-13/h7-8,10-12,16H,2-6,9H2,1H3,(H,15,17). The van der Waals surface area contributed by atoms with Crippen LogP contribution in [-0.2, 0) is 10.0 Å². The van der Waals surface area contributed by atoms with E-state index >= 15 is 0 Å². The number of aromatic nitrogens is 1. The molecule has 1 saturated carbocycles. The van der Waals surface area contributed by atoms with E-state index in [9.17, 15) is 13.2 Å². The maximum absolute atomic E-state index is 12.1. The number of pyridine rings is 1. The van der Waals surface area contributed by atoms with E-state index in [0.717, 1.165) is 18.8 Å². The maximum atomic E-state index is 12.1. The van der Waals surface area contributed by atoms with Crippen molar-refractivity contribution >= 4 is 10.0 Å². The maximum Gasteiger partial charge on any atom is 0.247 e. The first-order valence-electron chi connectivity index (χ1n) is 7.19. The largest absolute Gasteiger partial charge is 0.328 e. The molecule has 0 saturated heterocycles. The van der Waals surface area contributed by atoms with Crippen LogP contribution in [-0.4, -0.2) is 19.9 Å². The van der Waals surface area contributed by atoms with Crippen LogP contribution in [0.5, 0.6) is 0 Å². The highest BCUT2D eigenvalue weighted by molar-refractivity contribution is 7.89.